The van der Waals surface area contributed by atoms with Gasteiger partial charge in [-0.25, -0.2) is 5.43 Å². The SMILES string of the molecule is CCCNNC=CC=O. The van der Waals surface area contributed by atoms with E-state index in [0.29, 0.717) is 0 Å². The van der Waals surface area contributed by atoms with Crippen molar-refractivity contribution in [3.8, 4) is 0 Å². The largest absolute Gasteiger partial charge is 0.329 e. The van der Waals surface area contributed by atoms with Crippen LogP contribution in [0.25, 0.3) is 0 Å². The summed E-state index contributed by atoms with van der Waals surface area (Å²) in [4.78, 5) is 9.68. The average Bonchev–Trinajstić information content (AvgIpc) is 1.89. The van der Waals surface area contributed by atoms with Crippen LogP contribution in [0.1, 0.15) is 13.3 Å². The first kappa shape index (κ1) is 8.17. The van der Waals surface area contributed by atoms with Crippen LogP contribution in [0.15, 0.2) is 12.3 Å². The molecule has 0 atom stereocenters. The van der Waals surface area contributed by atoms with Gasteiger partial charge in [0.25, 0.3) is 0 Å². The minimum Gasteiger partial charge on any atom is -0.329 e. The molecule has 0 spiro atoms. The summed E-state index contributed by atoms with van der Waals surface area (Å²) in [6.45, 7) is 2.97. The Kier molecular flexibility index (Phi) is 6.51. The molecule has 3 nitrogen and oxygen atoms in total. The molecular formula is C6H12N2O. The molecule has 3 heteroatoms. The van der Waals surface area contributed by atoms with E-state index in [9.17, 15) is 4.79 Å². The van der Waals surface area contributed by atoms with Gasteiger partial charge >= 0.3 is 0 Å². The van der Waals surface area contributed by atoms with Crippen molar-refractivity contribution in [1.29, 1.82) is 0 Å². The van der Waals surface area contributed by atoms with Gasteiger partial charge in [-0.2, -0.15) is 0 Å². The highest BCUT2D eigenvalue weighted by atomic mass is 16.1. The molecule has 0 aliphatic heterocycles. The van der Waals surface area contributed by atoms with Crippen molar-refractivity contribution in [1.82, 2.24) is 10.9 Å². The molecule has 0 radical (unpaired) electrons. The second-order valence-corrected chi connectivity index (χ2v) is 1.57. The molecule has 9 heavy (non-hydrogen) atoms. The molecule has 0 unspecified atom stereocenters. The van der Waals surface area contributed by atoms with E-state index in [2.05, 4.69) is 17.8 Å². The summed E-state index contributed by atoms with van der Waals surface area (Å²) in [7, 11) is 0. The van der Waals surface area contributed by atoms with Crippen LogP contribution in [0, 0.1) is 0 Å². The van der Waals surface area contributed by atoms with Crippen LogP contribution >= 0.6 is 0 Å². The maximum atomic E-state index is 9.68. The van der Waals surface area contributed by atoms with Crippen molar-refractivity contribution in [2.24, 2.45) is 0 Å². The van der Waals surface area contributed by atoms with Gasteiger partial charge < -0.3 is 5.43 Å². The molecule has 0 saturated carbocycles. The topological polar surface area (TPSA) is 41.1 Å². The third kappa shape index (κ3) is 7.17. The zero-order valence-corrected chi connectivity index (χ0v) is 5.55. The van der Waals surface area contributed by atoms with E-state index in [1.54, 1.807) is 6.20 Å². The van der Waals surface area contributed by atoms with Gasteiger partial charge in [0.2, 0.25) is 0 Å². The minimum atomic E-state index is 0.723. The zero-order valence-electron chi connectivity index (χ0n) is 5.55. The zero-order chi connectivity index (χ0) is 6.95. The van der Waals surface area contributed by atoms with Crippen molar-refractivity contribution in [3.63, 3.8) is 0 Å². The van der Waals surface area contributed by atoms with Gasteiger partial charge in [0, 0.05) is 12.7 Å². The van der Waals surface area contributed by atoms with Gasteiger partial charge in [0.15, 0.2) is 0 Å². The lowest BCUT2D eigenvalue weighted by molar-refractivity contribution is -0.104. The van der Waals surface area contributed by atoms with E-state index in [1.807, 2.05) is 0 Å². The molecule has 0 rings (SSSR count). The molecule has 52 valence electrons. The van der Waals surface area contributed by atoms with Gasteiger partial charge in [-0.05, 0) is 12.5 Å². The van der Waals surface area contributed by atoms with Gasteiger partial charge in [0.05, 0.1) is 0 Å². The Morgan fingerprint density at radius 2 is 2.33 bits per heavy atom. The molecule has 0 aromatic heterocycles. The van der Waals surface area contributed by atoms with E-state index >= 15 is 0 Å². The standard InChI is InChI=1S/C6H12N2O/c1-2-4-7-8-5-3-6-9/h3,5-8H,2,4H2,1H3. The number of nitrogens with one attached hydrogen (secondary N) is 2. The first-order valence-corrected chi connectivity index (χ1v) is 3.00. The second-order valence-electron chi connectivity index (χ2n) is 1.57. The third-order valence-corrected chi connectivity index (χ3v) is 0.735. The number of rotatable bonds is 5. The normalized spacial score (nSPS) is 9.89. The lowest BCUT2D eigenvalue weighted by Gasteiger charge is -1.98. The first-order chi connectivity index (χ1) is 4.41. The predicted octanol–water partition coefficient (Wildman–Crippen LogP) is 0.203. The third-order valence-electron chi connectivity index (χ3n) is 0.735. The van der Waals surface area contributed by atoms with Crippen LogP contribution in [0.3, 0.4) is 0 Å². The molecule has 0 bridgehead atoms. The molecule has 0 saturated heterocycles. The van der Waals surface area contributed by atoms with Crippen molar-refractivity contribution in [2.45, 2.75) is 13.3 Å². The quantitative estimate of drug-likeness (QED) is 0.240. The Bertz CT molecular complexity index is 91.1. The van der Waals surface area contributed by atoms with Gasteiger partial charge in [-0.15, -0.1) is 0 Å². The molecule has 0 fully saturated rings. The smallest absolute Gasteiger partial charge is 0.144 e. The maximum absolute atomic E-state index is 9.68. The minimum absolute atomic E-state index is 0.723. The number of carbonyl (C=O) groups excluding carboxylic acids is 1. The Morgan fingerprint density at radius 1 is 1.56 bits per heavy atom. The van der Waals surface area contributed by atoms with Crippen molar-refractivity contribution < 1.29 is 4.79 Å². The van der Waals surface area contributed by atoms with Crippen LogP contribution in [0.4, 0.5) is 0 Å². The number of aldehydes is 1. The number of allylic oxidation sites excluding steroid dienone is 1. The number of carbonyl (C=O) groups is 1. The summed E-state index contributed by atoms with van der Waals surface area (Å²) in [5.74, 6) is 0. The molecule has 0 aromatic rings. The Hall–Kier alpha value is -0.830. The van der Waals surface area contributed by atoms with Crippen LogP contribution in [-0.2, 0) is 4.79 Å². The Labute approximate surface area is 55.1 Å². The fraction of sp³-hybridized carbons (Fsp3) is 0.500. The predicted molar refractivity (Wildman–Crippen MR) is 36.6 cm³/mol. The highest BCUT2D eigenvalue weighted by Gasteiger charge is 1.73. The monoisotopic (exact) mass is 128 g/mol. The summed E-state index contributed by atoms with van der Waals surface area (Å²) in [5.41, 5.74) is 5.60. The van der Waals surface area contributed by atoms with E-state index < -0.39 is 0 Å². The van der Waals surface area contributed by atoms with E-state index in [0.717, 1.165) is 19.3 Å². The lowest BCUT2D eigenvalue weighted by atomic mass is 10.5. The lowest BCUT2D eigenvalue weighted by Crippen LogP contribution is -2.27. The van der Waals surface area contributed by atoms with E-state index in [4.69, 9.17) is 0 Å². The number of hydrazine groups is 1. The van der Waals surface area contributed by atoms with Gasteiger partial charge in [-0.3, -0.25) is 4.79 Å². The first-order valence-electron chi connectivity index (χ1n) is 3.00. The molecule has 0 aromatic carbocycles. The fourth-order valence-corrected chi connectivity index (χ4v) is 0.343. The second kappa shape index (κ2) is 7.17. The summed E-state index contributed by atoms with van der Waals surface area (Å²) < 4.78 is 0. The van der Waals surface area contributed by atoms with Crippen molar-refractivity contribution in [2.75, 3.05) is 6.54 Å². The summed E-state index contributed by atoms with van der Waals surface area (Å²) >= 11 is 0. The average molecular weight is 128 g/mol. The highest BCUT2D eigenvalue weighted by molar-refractivity contribution is 5.64. The van der Waals surface area contributed by atoms with Crippen LogP contribution in [0.2, 0.25) is 0 Å². The Morgan fingerprint density at radius 3 is 2.89 bits per heavy atom. The molecule has 0 aliphatic carbocycles. The van der Waals surface area contributed by atoms with Crippen LogP contribution in [-0.4, -0.2) is 12.8 Å². The summed E-state index contributed by atoms with van der Waals surface area (Å²) in [5, 5.41) is 0. The Balaban J connectivity index is 2.90. The molecule has 0 amide bonds. The van der Waals surface area contributed by atoms with Crippen LogP contribution < -0.4 is 10.9 Å². The maximum Gasteiger partial charge on any atom is 0.144 e. The molecule has 0 aliphatic rings. The molecule has 0 heterocycles. The molecular weight excluding hydrogens is 116 g/mol. The molecule has 2 N–H and O–H groups in total. The van der Waals surface area contributed by atoms with Gasteiger partial charge in [0.1, 0.15) is 6.29 Å². The van der Waals surface area contributed by atoms with E-state index in [1.165, 1.54) is 6.08 Å². The summed E-state index contributed by atoms with van der Waals surface area (Å²) in [6, 6.07) is 0. The van der Waals surface area contributed by atoms with E-state index in [-0.39, 0.29) is 0 Å². The number of hydrogen-bond acceptors (Lipinski definition) is 3. The van der Waals surface area contributed by atoms with Crippen molar-refractivity contribution >= 4 is 6.29 Å². The number of hydrogen-bond donors (Lipinski definition) is 2. The van der Waals surface area contributed by atoms with Gasteiger partial charge in [-0.1, -0.05) is 6.92 Å². The summed E-state index contributed by atoms with van der Waals surface area (Å²) in [6.07, 6.45) is 4.74. The van der Waals surface area contributed by atoms with Crippen molar-refractivity contribution in [3.05, 3.63) is 12.3 Å². The fourth-order valence-electron chi connectivity index (χ4n) is 0.343. The highest BCUT2D eigenvalue weighted by Crippen LogP contribution is 1.65. The van der Waals surface area contributed by atoms with Crippen LogP contribution in [0.5, 0.6) is 0 Å².